The van der Waals surface area contributed by atoms with Crippen molar-refractivity contribution in [3.8, 4) is 5.88 Å². The topological polar surface area (TPSA) is 119 Å². The Morgan fingerprint density at radius 3 is 2.53 bits per heavy atom. The second kappa shape index (κ2) is 12.4. The molecule has 36 heavy (non-hydrogen) atoms. The molecule has 1 aromatic heterocycles. The quantitative estimate of drug-likeness (QED) is 0.437. The van der Waals surface area contributed by atoms with Crippen LogP contribution in [-0.4, -0.2) is 59.6 Å². The zero-order chi connectivity index (χ0) is 26.4. The highest BCUT2D eigenvalue weighted by molar-refractivity contribution is 7.11. The number of aromatic nitrogens is 1. The van der Waals surface area contributed by atoms with Gasteiger partial charge in [-0.15, -0.1) is 0 Å². The van der Waals surface area contributed by atoms with Crippen LogP contribution in [0.25, 0.3) is 0 Å². The molecule has 3 amide bonds. The normalized spacial score (nSPS) is 19.1. The van der Waals surface area contributed by atoms with Crippen molar-refractivity contribution in [1.29, 1.82) is 0 Å². The molecule has 9 nitrogen and oxygen atoms in total. The third-order valence-electron chi connectivity index (χ3n) is 5.80. The molecule has 2 aromatic rings. The molecule has 2 heterocycles. The van der Waals surface area contributed by atoms with Crippen LogP contribution in [0.15, 0.2) is 12.1 Å². The van der Waals surface area contributed by atoms with E-state index in [1.54, 1.807) is 6.92 Å². The fourth-order valence-electron chi connectivity index (χ4n) is 4.19. The monoisotopic (exact) mass is 525 g/mol. The highest BCUT2D eigenvalue weighted by Gasteiger charge is 2.25. The van der Waals surface area contributed by atoms with Crippen LogP contribution in [0.5, 0.6) is 5.88 Å². The third-order valence-corrected chi connectivity index (χ3v) is 6.54. The number of nitrogens with one attached hydrogen (secondary N) is 2. The number of rotatable bonds is 10. The number of halogens is 2. The van der Waals surface area contributed by atoms with Gasteiger partial charge in [-0.25, -0.2) is 13.6 Å². The van der Waals surface area contributed by atoms with Crippen molar-refractivity contribution in [3.63, 3.8) is 0 Å². The Morgan fingerprint density at radius 1 is 1.25 bits per heavy atom. The highest BCUT2D eigenvalue weighted by Crippen LogP contribution is 2.31. The van der Waals surface area contributed by atoms with Gasteiger partial charge < -0.3 is 20.5 Å². The Balaban J connectivity index is 1.56. The van der Waals surface area contributed by atoms with Crippen LogP contribution in [0.1, 0.15) is 49.2 Å². The molecule has 1 aromatic carbocycles. The van der Waals surface area contributed by atoms with Gasteiger partial charge in [0.1, 0.15) is 17.2 Å². The number of primary amides is 1. The Morgan fingerprint density at radius 2 is 1.89 bits per heavy atom. The van der Waals surface area contributed by atoms with Gasteiger partial charge in [0.15, 0.2) is 11.6 Å². The number of morpholine rings is 1. The van der Waals surface area contributed by atoms with Crippen LogP contribution in [0.4, 0.5) is 18.6 Å². The minimum atomic E-state index is -1.02. The van der Waals surface area contributed by atoms with E-state index in [-0.39, 0.29) is 52.3 Å². The molecule has 1 fully saturated rings. The maximum absolute atomic E-state index is 14.3. The Hall–Kier alpha value is -2.83. The van der Waals surface area contributed by atoms with Gasteiger partial charge in [-0.3, -0.25) is 15.0 Å². The lowest BCUT2D eigenvalue weighted by molar-refractivity contribution is -0.0707. The Labute approximate surface area is 213 Å². The largest absolute Gasteiger partial charge is 0.471 e. The van der Waals surface area contributed by atoms with Crippen molar-refractivity contribution in [2.75, 3.05) is 31.5 Å². The van der Waals surface area contributed by atoms with Gasteiger partial charge in [0.25, 0.3) is 5.91 Å². The summed E-state index contributed by atoms with van der Waals surface area (Å²) in [5.41, 5.74) is 5.56. The molecule has 3 rings (SSSR count). The standard InChI is InChI=1S/C24H33F2N5O4S/c1-5-16-6-7-17(20(26)19(16)25)12-34-22-18(21(27)32)23(36-30-22)29-24(33)28-8-13(2)9-31-10-14(3)35-15(4)11-31/h6-7,13-15H,5,8-12H2,1-4H3,(H2,27,32)(H2,28,29,33). The van der Waals surface area contributed by atoms with Gasteiger partial charge in [-0.1, -0.05) is 26.0 Å². The first-order valence-electron chi connectivity index (χ1n) is 11.9. The first-order chi connectivity index (χ1) is 17.1. The summed E-state index contributed by atoms with van der Waals surface area (Å²) in [6, 6.07) is 2.37. The number of anilines is 1. The molecule has 0 bridgehead atoms. The number of carbonyl (C=O) groups is 2. The summed E-state index contributed by atoms with van der Waals surface area (Å²) < 4.78 is 43.6. The summed E-state index contributed by atoms with van der Waals surface area (Å²) in [6.45, 7) is 10.4. The Bertz CT molecular complexity index is 1070. The molecule has 1 aliphatic rings. The number of nitrogens with zero attached hydrogens (tertiary/aromatic N) is 2. The first kappa shape index (κ1) is 27.8. The molecular weight excluding hydrogens is 492 g/mol. The molecule has 0 radical (unpaired) electrons. The SMILES string of the molecule is CCc1ccc(COc2nsc(NC(=O)NCC(C)CN3CC(C)OC(C)C3)c2C(N)=O)c(F)c1F. The van der Waals surface area contributed by atoms with Crippen molar-refractivity contribution in [2.24, 2.45) is 11.7 Å². The fourth-order valence-corrected chi connectivity index (χ4v) is 4.93. The number of urea groups is 1. The van der Waals surface area contributed by atoms with Crippen LogP contribution in [0, 0.1) is 17.6 Å². The average Bonchev–Trinajstić information content (AvgIpc) is 3.20. The number of hydrogen-bond donors (Lipinski definition) is 3. The Kier molecular flexibility index (Phi) is 9.57. The van der Waals surface area contributed by atoms with Gasteiger partial charge in [-0.2, -0.15) is 4.37 Å². The second-order valence-corrected chi connectivity index (χ2v) is 9.90. The number of hydrogen-bond acceptors (Lipinski definition) is 7. The number of nitrogens with two attached hydrogens (primary N) is 1. The van der Waals surface area contributed by atoms with Crippen molar-refractivity contribution in [2.45, 2.75) is 52.9 Å². The molecule has 0 spiro atoms. The van der Waals surface area contributed by atoms with E-state index in [1.807, 2.05) is 20.8 Å². The zero-order valence-electron chi connectivity index (χ0n) is 20.9. The second-order valence-electron chi connectivity index (χ2n) is 9.13. The van der Waals surface area contributed by atoms with Gasteiger partial charge >= 0.3 is 6.03 Å². The molecule has 0 saturated carbocycles. The van der Waals surface area contributed by atoms with Crippen LogP contribution >= 0.6 is 11.5 Å². The summed E-state index contributed by atoms with van der Waals surface area (Å²) in [5.74, 6) is -2.80. The molecule has 1 aliphatic heterocycles. The minimum absolute atomic E-state index is 0.0292. The summed E-state index contributed by atoms with van der Waals surface area (Å²) in [7, 11) is 0. The number of benzene rings is 1. The predicted molar refractivity (Wildman–Crippen MR) is 133 cm³/mol. The van der Waals surface area contributed by atoms with Gasteiger partial charge in [0.2, 0.25) is 5.88 Å². The van der Waals surface area contributed by atoms with E-state index in [2.05, 4.69) is 19.9 Å². The average molecular weight is 526 g/mol. The van der Waals surface area contributed by atoms with E-state index in [0.717, 1.165) is 31.2 Å². The van der Waals surface area contributed by atoms with E-state index in [4.69, 9.17) is 15.2 Å². The number of ether oxygens (including phenoxy) is 2. The number of amides is 3. The number of carbonyl (C=O) groups excluding carboxylic acids is 2. The molecule has 198 valence electrons. The lowest BCUT2D eigenvalue weighted by atomic mass is 10.1. The summed E-state index contributed by atoms with van der Waals surface area (Å²) in [4.78, 5) is 26.8. The van der Waals surface area contributed by atoms with Gasteiger partial charge in [-0.05, 0) is 43.3 Å². The molecule has 3 unspecified atom stereocenters. The zero-order valence-corrected chi connectivity index (χ0v) is 21.7. The molecular formula is C24H33F2N5O4S. The van der Waals surface area contributed by atoms with Crippen molar-refractivity contribution < 1.29 is 27.8 Å². The smallest absolute Gasteiger partial charge is 0.319 e. The van der Waals surface area contributed by atoms with E-state index < -0.39 is 23.6 Å². The maximum atomic E-state index is 14.3. The molecule has 12 heteroatoms. The maximum Gasteiger partial charge on any atom is 0.319 e. The van der Waals surface area contributed by atoms with Crippen LogP contribution < -0.4 is 21.1 Å². The van der Waals surface area contributed by atoms with Crippen molar-refractivity contribution in [1.82, 2.24) is 14.6 Å². The van der Waals surface area contributed by atoms with Gasteiger partial charge in [0.05, 0.1) is 12.2 Å². The first-order valence-corrected chi connectivity index (χ1v) is 12.7. The van der Waals surface area contributed by atoms with Crippen molar-refractivity contribution in [3.05, 3.63) is 40.5 Å². The van der Waals surface area contributed by atoms with Crippen molar-refractivity contribution >= 4 is 28.5 Å². The molecule has 1 saturated heterocycles. The minimum Gasteiger partial charge on any atom is -0.471 e. The van der Waals surface area contributed by atoms with Crippen LogP contribution in [-0.2, 0) is 17.8 Å². The lowest BCUT2D eigenvalue weighted by Gasteiger charge is -2.36. The predicted octanol–water partition coefficient (Wildman–Crippen LogP) is 3.53. The molecule has 0 aliphatic carbocycles. The third kappa shape index (κ3) is 7.11. The van der Waals surface area contributed by atoms with Crippen LogP contribution in [0.3, 0.4) is 0 Å². The summed E-state index contributed by atoms with van der Waals surface area (Å²) in [6.07, 6.45) is 0.681. The molecule has 3 atom stereocenters. The van der Waals surface area contributed by atoms with E-state index in [9.17, 15) is 18.4 Å². The van der Waals surface area contributed by atoms with E-state index in [1.165, 1.54) is 12.1 Å². The summed E-state index contributed by atoms with van der Waals surface area (Å²) >= 11 is 0.807. The highest BCUT2D eigenvalue weighted by atomic mass is 32.1. The van der Waals surface area contributed by atoms with Gasteiger partial charge in [0, 0.05) is 31.7 Å². The lowest BCUT2D eigenvalue weighted by Crippen LogP contribution is -2.48. The van der Waals surface area contributed by atoms with E-state index in [0.29, 0.717) is 13.0 Å². The fraction of sp³-hybridized carbons (Fsp3) is 0.542. The number of aryl methyl sites for hydroxylation is 1. The van der Waals surface area contributed by atoms with E-state index >= 15 is 0 Å². The molecule has 4 N–H and O–H groups in total. The summed E-state index contributed by atoms with van der Waals surface area (Å²) in [5, 5.41) is 5.47. The van der Waals surface area contributed by atoms with Crippen LogP contribution in [0.2, 0.25) is 0 Å².